The van der Waals surface area contributed by atoms with E-state index in [-0.39, 0.29) is 5.03 Å². The van der Waals surface area contributed by atoms with Gasteiger partial charge in [-0.05, 0) is 29.8 Å². The van der Waals surface area contributed by atoms with E-state index in [2.05, 4.69) is 9.88 Å². The van der Waals surface area contributed by atoms with Crippen molar-refractivity contribution in [1.82, 2.24) is 9.29 Å². The summed E-state index contributed by atoms with van der Waals surface area (Å²) in [6, 6.07) is 17.4. The lowest BCUT2D eigenvalue weighted by Gasteiger charge is -2.35. The zero-order chi connectivity index (χ0) is 19.6. The van der Waals surface area contributed by atoms with Gasteiger partial charge < -0.3 is 9.64 Å². The smallest absolute Gasteiger partial charge is 0.262 e. The SMILES string of the molecule is COc1ccc(N2CCN(S(=O)(=O)c3ncsc3-c3ccccc3)CC2)cc1. The second-order valence-electron chi connectivity index (χ2n) is 6.44. The molecule has 3 aromatic rings. The highest BCUT2D eigenvalue weighted by atomic mass is 32.2. The maximum absolute atomic E-state index is 13.2. The molecule has 0 aliphatic carbocycles. The minimum Gasteiger partial charge on any atom is -0.497 e. The summed E-state index contributed by atoms with van der Waals surface area (Å²) in [7, 11) is -1.99. The molecule has 28 heavy (non-hydrogen) atoms. The highest BCUT2D eigenvalue weighted by Crippen LogP contribution is 2.32. The molecule has 146 valence electrons. The minimum atomic E-state index is -3.63. The van der Waals surface area contributed by atoms with Crippen molar-refractivity contribution in [2.45, 2.75) is 5.03 Å². The number of ether oxygens (including phenoxy) is 1. The van der Waals surface area contributed by atoms with Crippen LogP contribution in [0.3, 0.4) is 0 Å². The molecule has 0 bridgehead atoms. The molecule has 0 unspecified atom stereocenters. The number of hydrogen-bond acceptors (Lipinski definition) is 6. The molecule has 1 saturated heterocycles. The third kappa shape index (κ3) is 3.63. The van der Waals surface area contributed by atoms with Crippen LogP contribution in [-0.2, 0) is 10.0 Å². The number of rotatable bonds is 5. The van der Waals surface area contributed by atoms with Gasteiger partial charge in [-0.2, -0.15) is 4.31 Å². The predicted molar refractivity (Wildman–Crippen MR) is 112 cm³/mol. The standard InChI is InChI=1S/C20H21N3O3S2/c1-26-18-9-7-17(8-10-18)22-11-13-23(14-12-22)28(24,25)20-19(27-15-21-20)16-5-3-2-4-6-16/h2-10,15H,11-14H2,1H3. The summed E-state index contributed by atoms with van der Waals surface area (Å²) in [6.07, 6.45) is 0. The van der Waals surface area contributed by atoms with Crippen molar-refractivity contribution in [3.63, 3.8) is 0 Å². The number of sulfonamides is 1. The van der Waals surface area contributed by atoms with Crippen molar-refractivity contribution in [1.29, 1.82) is 0 Å². The van der Waals surface area contributed by atoms with E-state index >= 15 is 0 Å². The van der Waals surface area contributed by atoms with Gasteiger partial charge in [-0.15, -0.1) is 11.3 Å². The monoisotopic (exact) mass is 415 g/mol. The van der Waals surface area contributed by atoms with Crippen molar-refractivity contribution >= 4 is 27.0 Å². The fraction of sp³-hybridized carbons (Fsp3) is 0.250. The molecule has 4 rings (SSSR count). The quantitative estimate of drug-likeness (QED) is 0.640. The maximum atomic E-state index is 13.2. The average Bonchev–Trinajstić information content (AvgIpc) is 3.25. The molecule has 6 nitrogen and oxygen atoms in total. The Bertz CT molecular complexity index is 1030. The molecule has 0 atom stereocenters. The molecule has 2 aromatic carbocycles. The summed E-state index contributed by atoms with van der Waals surface area (Å²) in [5, 5.41) is 0.154. The topological polar surface area (TPSA) is 62.7 Å². The first-order chi connectivity index (χ1) is 13.6. The minimum absolute atomic E-state index is 0.154. The van der Waals surface area contributed by atoms with Gasteiger partial charge in [0, 0.05) is 31.9 Å². The van der Waals surface area contributed by atoms with Gasteiger partial charge in [-0.3, -0.25) is 0 Å². The van der Waals surface area contributed by atoms with Crippen LogP contribution >= 0.6 is 11.3 Å². The third-order valence-electron chi connectivity index (χ3n) is 4.83. The number of nitrogens with zero attached hydrogens (tertiary/aromatic N) is 3. The van der Waals surface area contributed by atoms with Crippen molar-refractivity contribution < 1.29 is 13.2 Å². The van der Waals surface area contributed by atoms with Gasteiger partial charge in [0.2, 0.25) is 0 Å². The molecule has 2 heterocycles. The van der Waals surface area contributed by atoms with E-state index in [0.717, 1.165) is 17.0 Å². The zero-order valence-corrected chi connectivity index (χ0v) is 17.1. The second kappa shape index (κ2) is 7.90. The summed E-state index contributed by atoms with van der Waals surface area (Å²) < 4.78 is 33.1. The average molecular weight is 416 g/mol. The largest absolute Gasteiger partial charge is 0.497 e. The van der Waals surface area contributed by atoms with E-state index in [0.29, 0.717) is 31.1 Å². The summed E-state index contributed by atoms with van der Waals surface area (Å²) >= 11 is 1.36. The Kier molecular flexibility index (Phi) is 5.34. The molecule has 0 N–H and O–H groups in total. The number of anilines is 1. The molecule has 0 radical (unpaired) electrons. The van der Waals surface area contributed by atoms with Crippen molar-refractivity contribution in [3.8, 4) is 16.2 Å². The number of piperazine rings is 1. The van der Waals surface area contributed by atoms with E-state index < -0.39 is 10.0 Å². The summed E-state index contributed by atoms with van der Waals surface area (Å²) in [4.78, 5) is 7.08. The predicted octanol–water partition coefficient (Wildman–Crippen LogP) is 3.33. The Morgan fingerprint density at radius 3 is 2.29 bits per heavy atom. The van der Waals surface area contributed by atoms with E-state index in [1.54, 1.807) is 12.6 Å². The molecule has 8 heteroatoms. The number of aromatic nitrogens is 1. The van der Waals surface area contributed by atoms with Gasteiger partial charge in [-0.1, -0.05) is 30.3 Å². The van der Waals surface area contributed by atoms with Gasteiger partial charge >= 0.3 is 0 Å². The molecule has 1 aliphatic rings. The first-order valence-corrected chi connectivity index (χ1v) is 11.3. The van der Waals surface area contributed by atoms with Gasteiger partial charge in [-0.25, -0.2) is 13.4 Å². The summed E-state index contributed by atoms with van der Waals surface area (Å²) in [6.45, 7) is 2.13. The molecular formula is C20H21N3O3S2. The molecular weight excluding hydrogens is 394 g/mol. The lowest BCUT2D eigenvalue weighted by molar-refractivity contribution is 0.383. The third-order valence-corrected chi connectivity index (χ3v) is 7.68. The number of benzene rings is 2. The fourth-order valence-corrected chi connectivity index (χ4v) is 5.95. The van der Waals surface area contributed by atoms with Crippen LogP contribution in [0.4, 0.5) is 5.69 Å². The van der Waals surface area contributed by atoms with E-state index in [1.165, 1.54) is 15.6 Å². The van der Waals surface area contributed by atoms with Gasteiger partial charge in [0.05, 0.1) is 17.5 Å². The van der Waals surface area contributed by atoms with Gasteiger partial charge in [0.25, 0.3) is 10.0 Å². The van der Waals surface area contributed by atoms with Gasteiger partial charge in [0.1, 0.15) is 5.75 Å². The molecule has 1 aliphatic heterocycles. The Balaban J connectivity index is 1.51. The summed E-state index contributed by atoms with van der Waals surface area (Å²) in [5.41, 5.74) is 3.54. The van der Waals surface area contributed by atoms with Gasteiger partial charge in [0.15, 0.2) is 5.03 Å². The molecule has 0 amide bonds. The number of methoxy groups -OCH3 is 1. The van der Waals surface area contributed by atoms with Crippen LogP contribution in [0, 0.1) is 0 Å². The lowest BCUT2D eigenvalue weighted by atomic mass is 10.2. The Morgan fingerprint density at radius 2 is 1.64 bits per heavy atom. The molecule has 0 saturated carbocycles. The first-order valence-electron chi connectivity index (χ1n) is 8.97. The first kappa shape index (κ1) is 18.9. The van der Waals surface area contributed by atoms with Crippen molar-refractivity contribution in [2.75, 3.05) is 38.2 Å². The maximum Gasteiger partial charge on any atom is 0.262 e. The molecule has 1 fully saturated rings. The fourth-order valence-electron chi connectivity index (χ4n) is 3.30. The van der Waals surface area contributed by atoms with E-state index in [4.69, 9.17) is 4.74 Å². The van der Waals surface area contributed by atoms with Crippen LogP contribution in [0.15, 0.2) is 65.1 Å². The van der Waals surface area contributed by atoms with Crippen LogP contribution in [0.1, 0.15) is 0 Å². The van der Waals surface area contributed by atoms with E-state index in [1.807, 2.05) is 54.6 Å². The Morgan fingerprint density at radius 1 is 0.964 bits per heavy atom. The van der Waals surface area contributed by atoms with Crippen molar-refractivity contribution in [2.24, 2.45) is 0 Å². The lowest BCUT2D eigenvalue weighted by Crippen LogP contribution is -2.48. The van der Waals surface area contributed by atoms with Crippen LogP contribution in [0.5, 0.6) is 5.75 Å². The van der Waals surface area contributed by atoms with Crippen LogP contribution in [-0.4, -0.2) is 51.0 Å². The van der Waals surface area contributed by atoms with Crippen LogP contribution in [0.2, 0.25) is 0 Å². The van der Waals surface area contributed by atoms with Crippen LogP contribution in [0.25, 0.3) is 10.4 Å². The Labute approximate surface area is 169 Å². The van der Waals surface area contributed by atoms with Crippen molar-refractivity contribution in [3.05, 3.63) is 60.1 Å². The highest BCUT2D eigenvalue weighted by molar-refractivity contribution is 7.89. The molecule has 1 aromatic heterocycles. The highest BCUT2D eigenvalue weighted by Gasteiger charge is 2.32. The number of hydrogen-bond donors (Lipinski definition) is 0. The second-order valence-corrected chi connectivity index (χ2v) is 9.15. The zero-order valence-electron chi connectivity index (χ0n) is 15.5. The Hall–Kier alpha value is -2.42. The summed E-state index contributed by atoms with van der Waals surface area (Å²) in [5.74, 6) is 0.807. The van der Waals surface area contributed by atoms with Crippen LogP contribution < -0.4 is 9.64 Å². The van der Waals surface area contributed by atoms with E-state index in [9.17, 15) is 8.42 Å². The number of thiazole rings is 1. The normalized spacial score (nSPS) is 15.5. The molecule has 0 spiro atoms.